The molecule has 0 fully saturated rings. The maximum absolute atomic E-state index is 12.9. The molecule has 0 amide bonds. The van der Waals surface area contributed by atoms with Crippen molar-refractivity contribution < 1.29 is 13.2 Å². The van der Waals surface area contributed by atoms with Gasteiger partial charge in [-0.1, -0.05) is 6.07 Å². The van der Waals surface area contributed by atoms with Crippen LogP contribution in [0.3, 0.4) is 0 Å². The molecule has 134 valence electrons. The maximum atomic E-state index is 12.9. The van der Waals surface area contributed by atoms with Crippen LogP contribution < -0.4 is 10.6 Å². The number of aromatic nitrogens is 3. The molecule has 0 saturated carbocycles. The highest BCUT2D eigenvalue weighted by Gasteiger charge is 2.30. The van der Waals surface area contributed by atoms with Gasteiger partial charge in [-0.05, 0) is 37.3 Å². The highest BCUT2D eigenvalue weighted by molar-refractivity contribution is 5.67. The molecule has 3 aromatic rings. The van der Waals surface area contributed by atoms with Gasteiger partial charge in [-0.3, -0.25) is 4.98 Å². The molecule has 0 bridgehead atoms. The summed E-state index contributed by atoms with van der Waals surface area (Å²) < 4.78 is 38.7. The number of halogens is 3. The van der Waals surface area contributed by atoms with E-state index in [-0.39, 0.29) is 5.69 Å². The van der Waals surface area contributed by atoms with Crippen LogP contribution in [0, 0.1) is 0 Å². The molecule has 0 aliphatic rings. The van der Waals surface area contributed by atoms with E-state index in [4.69, 9.17) is 0 Å². The number of hydrogen-bond donors (Lipinski definition) is 2. The number of anilines is 3. The Morgan fingerprint density at radius 1 is 1.04 bits per heavy atom. The van der Waals surface area contributed by atoms with Crippen LogP contribution in [0.15, 0.2) is 54.9 Å². The monoisotopic (exact) mass is 359 g/mol. The number of benzene rings is 1. The van der Waals surface area contributed by atoms with Crippen molar-refractivity contribution in [2.24, 2.45) is 0 Å². The predicted octanol–water partition coefficient (Wildman–Crippen LogP) is 4.73. The van der Waals surface area contributed by atoms with Crippen molar-refractivity contribution in [3.8, 4) is 11.3 Å². The Balaban J connectivity index is 1.96. The zero-order chi connectivity index (χ0) is 18.6. The second-order valence-corrected chi connectivity index (χ2v) is 5.44. The second kappa shape index (κ2) is 7.38. The molecule has 0 spiro atoms. The van der Waals surface area contributed by atoms with E-state index >= 15 is 0 Å². The van der Waals surface area contributed by atoms with E-state index in [0.29, 0.717) is 24.0 Å². The van der Waals surface area contributed by atoms with Crippen LogP contribution >= 0.6 is 0 Å². The minimum atomic E-state index is -4.40. The predicted molar refractivity (Wildman–Crippen MR) is 94.2 cm³/mol. The molecule has 26 heavy (non-hydrogen) atoms. The van der Waals surface area contributed by atoms with Gasteiger partial charge in [-0.2, -0.15) is 18.2 Å². The minimum Gasteiger partial charge on any atom is -0.354 e. The molecule has 3 rings (SSSR count). The van der Waals surface area contributed by atoms with Gasteiger partial charge in [0.25, 0.3) is 0 Å². The van der Waals surface area contributed by atoms with Gasteiger partial charge in [0.15, 0.2) is 0 Å². The van der Waals surface area contributed by atoms with Crippen LogP contribution in [0.1, 0.15) is 12.5 Å². The number of pyridine rings is 1. The Kier molecular flexibility index (Phi) is 5.01. The molecule has 2 N–H and O–H groups in total. The smallest absolute Gasteiger partial charge is 0.354 e. The van der Waals surface area contributed by atoms with Gasteiger partial charge in [0.1, 0.15) is 5.82 Å². The highest BCUT2D eigenvalue weighted by atomic mass is 19.4. The number of rotatable bonds is 5. The molecule has 0 unspecified atom stereocenters. The first-order valence-electron chi connectivity index (χ1n) is 7.93. The molecule has 0 aliphatic carbocycles. The molecular weight excluding hydrogens is 343 g/mol. The summed E-state index contributed by atoms with van der Waals surface area (Å²) in [5.74, 6) is 0.762. The summed E-state index contributed by atoms with van der Waals surface area (Å²) in [6.45, 7) is 2.51. The lowest BCUT2D eigenvalue weighted by Crippen LogP contribution is -2.07. The van der Waals surface area contributed by atoms with E-state index in [0.717, 1.165) is 17.7 Å². The summed E-state index contributed by atoms with van der Waals surface area (Å²) in [5.41, 5.74) is 0.953. The maximum Gasteiger partial charge on any atom is 0.416 e. The Morgan fingerprint density at radius 3 is 2.58 bits per heavy atom. The molecule has 0 atom stereocenters. The number of alkyl halides is 3. The molecule has 2 heterocycles. The van der Waals surface area contributed by atoms with Gasteiger partial charge in [0, 0.05) is 36.3 Å². The van der Waals surface area contributed by atoms with Gasteiger partial charge in [-0.15, -0.1) is 0 Å². The van der Waals surface area contributed by atoms with E-state index in [1.807, 2.05) is 13.0 Å². The average molecular weight is 359 g/mol. The summed E-state index contributed by atoms with van der Waals surface area (Å²) in [6, 6.07) is 10.3. The zero-order valence-corrected chi connectivity index (χ0v) is 13.9. The van der Waals surface area contributed by atoms with E-state index in [9.17, 15) is 13.2 Å². The fourth-order valence-corrected chi connectivity index (χ4v) is 2.33. The molecule has 2 aromatic heterocycles. The van der Waals surface area contributed by atoms with Crippen molar-refractivity contribution in [1.29, 1.82) is 0 Å². The Bertz CT molecular complexity index is 881. The zero-order valence-electron chi connectivity index (χ0n) is 13.9. The molecular formula is C18H16F3N5. The largest absolute Gasteiger partial charge is 0.416 e. The second-order valence-electron chi connectivity index (χ2n) is 5.44. The topological polar surface area (TPSA) is 62.7 Å². The van der Waals surface area contributed by atoms with E-state index in [2.05, 4.69) is 25.6 Å². The summed E-state index contributed by atoms with van der Waals surface area (Å²) in [5, 5.41) is 5.93. The van der Waals surface area contributed by atoms with Crippen molar-refractivity contribution in [3.05, 3.63) is 60.4 Å². The standard InChI is InChI=1S/C18H16F3N5/c1-2-23-17-25-15(12-5-4-8-22-11-12)10-16(26-17)24-14-7-3-6-13(9-14)18(19,20)21/h3-11H,2H2,1H3,(H2,23,24,25,26). The molecule has 0 radical (unpaired) electrons. The quantitative estimate of drug-likeness (QED) is 0.689. The van der Waals surface area contributed by atoms with E-state index < -0.39 is 11.7 Å². The van der Waals surface area contributed by atoms with Crippen LogP contribution in [0.5, 0.6) is 0 Å². The summed E-state index contributed by atoms with van der Waals surface area (Å²) in [7, 11) is 0. The van der Waals surface area contributed by atoms with Crippen molar-refractivity contribution in [3.63, 3.8) is 0 Å². The van der Waals surface area contributed by atoms with Crippen molar-refractivity contribution in [2.75, 3.05) is 17.2 Å². The van der Waals surface area contributed by atoms with Crippen LogP contribution in [0.4, 0.5) is 30.6 Å². The first kappa shape index (κ1) is 17.7. The van der Waals surface area contributed by atoms with Crippen LogP contribution in [0.25, 0.3) is 11.3 Å². The summed E-state index contributed by atoms with van der Waals surface area (Å²) in [6.07, 6.45) is -1.09. The Labute approximate surface area is 148 Å². The molecule has 8 heteroatoms. The molecule has 5 nitrogen and oxygen atoms in total. The van der Waals surface area contributed by atoms with Gasteiger partial charge in [0.2, 0.25) is 5.95 Å². The number of hydrogen-bond acceptors (Lipinski definition) is 5. The van der Waals surface area contributed by atoms with Crippen molar-refractivity contribution in [2.45, 2.75) is 13.1 Å². The van der Waals surface area contributed by atoms with Crippen molar-refractivity contribution >= 4 is 17.5 Å². The minimum absolute atomic E-state index is 0.290. The van der Waals surface area contributed by atoms with E-state index in [1.165, 1.54) is 6.07 Å². The number of nitrogens with one attached hydrogen (secondary N) is 2. The van der Waals surface area contributed by atoms with Crippen LogP contribution in [0.2, 0.25) is 0 Å². The first-order valence-corrected chi connectivity index (χ1v) is 7.93. The summed E-state index contributed by atoms with van der Waals surface area (Å²) >= 11 is 0. The lowest BCUT2D eigenvalue weighted by Gasteiger charge is -2.12. The average Bonchev–Trinajstić information content (AvgIpc) is 2.62. The summed E-state index contributed by atoms with van der Waals surface area (Å²) in [4.78, 5) is 12.8. The highest BCUT2D eigenvalue weighted by Crippen LogP contribution is 2.31. The van der Waals surface area contributed by atoms with Gasteiger partial charge < -0.3 is 10.6 Å². The van der Waals surface area contributed by atoms with Gasteiger partial charge in [0.05, 0.1) is 11.3 Å². The Hall–Kier alpha value is -3.16. The van der Waals surface area contributed by atoms with Crippen LogP contribution in [-0.4, -0.2) is 21.5 Å². The Morgan fingerprint density at radius 2 is 1.88 bits per heavy atom. The molecule has 1 aromatic carbocycles. The van der Waals surface area contributed by atoms with Gasteiger partial charge >= 0.3 is 6.18 Å². The number of nitrogens with zero attached hydrogens (tertiary/aromatic N) is 3. The molecule has 0 aliphatic heterocycles. The SMILES string of the molecule is CCNc1nc(Nc2cccc(C(F)(F)F)c2)cc(-c2cccnc2)n1. The third kappa shape index (κ3) is 4.27. The molecule has 0 saturated heterocycles. The fraction of sp³-hybridized carbons (Fsp3) is 0.167. The lowest BCUT2D eigenvalue weighted by molar-refractivity contribution is -0.137. The lowest BCUT2D eigenvalue weighted by atomic mass is 10.2. The van der Waals surface area contributed by atoms with E-state index in [1.54, 1.807) is 30.6 Å². The third-order valence-electron chi connectivity index (χ3n) is 3.48. The van der Waals surface area contributed by atoms with Crippen molar-refractivity contribution in [1.82, 2.24) is 15.0 Å². The normalized spacial score (nSPS) is 11.2. The third-order valence-corrected chi connectivity index (χ3v) is 3.48. The first-order chi connectivity index (χ1) is 12.5. The van der Waals surface area contributed by atoms with Crippen LogP contribution in [-0.2, 0) is 6.18 Å². The fourth-order valence-electron chi connectivity index (χ4n) is 2.33. The van der Waals surface area contributed by atoms with Gasteiger partial charge in [-0.25, -0.2) is 4.98 Å².